The Labute approximate surface area is 148 Å². The second kappa shape index (κ2) is 8.29. The molecule has 1 atom stereocenters. The molecule has 0 bridgehead atoms. The molecule has 1 heterocycles. The molecule has 1 unspecified atom stereocenters. The van der Waals surface area contributed by atoms with Gasteiger partial charge in [0.1, 0.15) is 5.75 Å². The SMILES string of the molecule is CC(Oc1cccc(C(C)C)c1)C(=O)NCc1csc(C(C)C)n1. The quantitative estimate of drug-likeness (QED) is 0.804. The fourth-order valence-electron chi connectivity index (χ4n) is 2.20. The zero-order valence-electron chi connectivity index (χ0n) is 15.0. The number of carbonyl (C=O) groups is 1. The lowest BCUT2D eigenvalue weighted by Gasteiger charge is -2.15. The summed E-state index contributed by atoms with van der Waals surface area (Å²) in [6.07, 6.45) is -0.546. The fraction of sp³-hybridized carbons (Fsp3) is 0.474. The molecular formula is C19H26N2O2S. The van der Waals surface area contributed by atoms with Gasteiger partial charge < -0.3 is 10.1 Å². The normalized spacial score (nSPS) is 12.5. The smallest absolute Gasteiger partial charge is 0.261 e. The molecule has 2 rings (SSSR count). The van der Waals surface area contributed by atoms with Crippen molar-refractivity contribution in [3.8, 4) is 5.75 Å². The van der Waals surface area contributed by atoms with Gasteiger partial charge in [0.05, 0.1) is 17.2 Å². The minimum atomic E-state index is -0.546. The van der Waals surface area contributed by atoms with Gasteiger partial charge in [0.15, 0.2) is 6.10 Å². The minimum absolute atomic E-state index is 0.135. The number of carbonyl (C=O) groups excluding carboxylic acids is 1. The maximum atomic E-state index is 12.2. The molecule has 0 aliphatic carbocycles. The Hall–Kier alpha value is -1.88. The van der Waals surface area contributed by atoms with Gasteiger partial charge in [0.2, 0.25) is 0 Å². The molecular weight excluding hydrogens is 320 g/mol. The van der Waals surface area contributed by atoms with Crippen LogP contribution in [-0.4, -0.2) is 17.0 Å². The first kappa shape index (κ1) is 18.5. The first-order chi connectivity index (χ1) is 11.4. The van der Waals surface area contributed by atoms with E-state index in [0.29, 0.717) is 18.4 Å². The van der Waals surface area contributed by atoms with E-state index in [9.17, 15) is 4.79 Å². The Balaban J connectivity index is 1.88. The summed E-state index contributed by atoms with van der Waals surface area (Å²) < 4.78 is 5.77. The molecule has 5 heteroatoms. The Morgan fingerprint density at radius 1 is 1.21 bits per heavy atom. The van der Waals surface area contributed by atoms with E-state index in [2.05, 4.69) is 44.1 Å². The van der Waals surface area contributed by atoms with Crippen LogP contribution in [0.1, 0.15) is 62.7 Å². The zero-order valence-corrected chi connectivity index (χ0v) is 15.8. The zero-order chi connectivity index (χ0) is 17.7. The molecule has 0 saturated carbocycles. The fourth-order valence-corrected chi connectivity index (χ4v) is 3.03. The molecule has 24 heavy (non-hydrogen) atoms. The standard InChI is InChI=1S/C19H26N2O2S/c1-12(2)15-7-6-8-17(9-15)23-14(5)18(22)20-10-16-11-24-19(21-16)13(3)4/h6-9,11-14H,10H2,1-5H3,(H,20,22). The second-order valence-electron chi connectivity index (χ2n) is 6.54. The van der Waals surface area contributed by atoms with Crippen LogP contribution in [0.15, 0.2) is 29.6 Å². The summed E-state index contributed by atoms with van der Waals surface area (Å²) in [6.45, 7) is 10.7. The van der Waals surface area contributed by atoms with Crippen LogP contribution in [0.3, 0.4) is 0 Å². The van der Waals surface area contributed by atoms with Crippen molar-refractivity contribution >= 4 is 17.2 Å². The predicted octanol–water partition coefficient (Wildman–Crippen LogP) is 4.47. The van der Waals surface area contributed by atoms with Gasteiger partial charge >= 0.3 is 0 Å². The van der Waals surface area contributed by atoms with Gasteiger partial charge in [-0.25, -0.2) is 4.98 Å². The third-order valence-corrected chi connectivity index (χ3v) is 4.91. The Morgan fingerprint density at radius 2 is 1.96 bits per heavy atom. The number of hydrogen-bond acceptors (Lipinski definition) is 4. The van der Waals surface area contributed by atoms with E-state index in [1.54, 1.807) is 18.3 Å². The molecule has 130 valence electrons. The number of thiazole rings is 1. The number of nitrogens with one attached hydrogen (secondary N) is 1. The van der Waals surface area contributed by atoms with Crippen LogP contribution < -0.4 is 10.1 Å². The Morgan fingerprint density at radius 3 is 2.58 bits per heavy atom. The molecule has 1 amide bonds. The number of amides is 1. The summed E-state index contributed by atoms with van der Waals surface area (Å²) in [4.78, 5) is 16.7. The van der Waals surface area contributed by atoms with Crippen molar-refractivity contribution in [2.75, 3.05) is 0 Å². The number of hydrogen-bond donors (Lipinski definition) is 1. The van der Waals surface area contributed by atoms with E-state index in [-0.39, 0.29) is 5.91 Å². The highest BCUT2D eigenvalue weighted by molar-refractivity contribution is 7.09. The highest BCUT2D eigenvalue weighted by Gasteiger charge is 2.15. The maximum Gasteiger partial charge on any atom is 0.261 e. The lowest BCUT2D eigenvalue weighted by atomic mass is 10.0. The molecule has 0 aliphatic heterocycles. The highest BCUT2D eigenvalue weighted by Crippen LogP contribution is 2.21. The molecule has 0 saturated heterocycles. The van der Waals surface area contributed by atoms with Crippen molar-refractivity contribution in [3.63, 3.8) is 0 Å². The van der Waals surface area contributed by atoms with Crippen molar-refractivity contribution in [1.29, 1.82) is 0 Å². The van der Waals surface area contributed by atoms with Crippen LogP contribution in [0, 0.1) is 0 Å². The number of benzene rings is 1. The van der Waals surface area contributed by atoms with E-state index in [0.717, 1.165) is 16.5 Å². The third kappa shape index (κ3) is 5.06. The second-order valence-corrected chi connectivity index (χ2v) is 7.43. The summed E-state index contributed by atoms with van der Waals surface area (Å²) in [5.74, 6) is 1.43. The van der Waals surface area contributed by atoms with Crippen LogP contribution in [0.5, 0.6) is 5.75 Å². The molecule has 0 radical (unpaired) electrons. The number of ether oxygens (including phenoxy) is 1. The summed E-state index contributed by atoms with van der Waals surface area (Å²) in [6, 6.07) is 7.89. The molecule has 1 aromatic heterocycles. The molecule has 0 fully saturated rings. The van der Waals surface area contributed by atoms with Gasteiger partial charge in [-0.15, -0.1) is 11.3 Å². The van der Waals surface area contributed by atoms with Crippen LogP contribution in [0.4, 0.5) is 0 Å². The van der Waals surface area contributed by atoms with Crippen molar-refractivity contribution < 1.29 is 9.53 Å². The van der Waals surface area contributed by atoms with Gasteiger partial charge in [-0.1, -0.05) is 39.8 Å². The number of nitrogens with zero attached hydrogens (tertiary/aromatic N) is 1. The lowest BCUT2D eigenvalue weighted by molar-refractivity contribution is -0.127. The Bertz CT molecular complexity index is 680. The number of rotatable bonds is 7. The van der Waals surface area contributed by atoms with Crippen molar-refractivity contribution in [1.82, 2.24) is 10.3 Å². The van der Waals surface area contributed by atoms with E-state index >= 15 is 0 Å². The molecule has 1 N–H and O–H groups in total. The monoisotopic (exact) mass is 346 g/mol. The third-order valence-electron chi connectivity index (χ3n) is 3.71. The van der Waals surface area contributed by atoms with E-state index < -0.39 is 6.10 Å². The Kier molecular flexibility index (Phi) is 6.37. The number of aromatic nitrogens is 1. The maximum absolute atomic E-state index is 12.2. The van der Waals surface area contributed by atoms with E-state index in [1.165, 1.54) is 5.56 Å². The van der Waals surface area contributed by atoms with E-state index in [1.807, 2.05) is 23.6 Å². The average molecular weight is 346 g/mol. The largest absolute Gasteiger partial charge is 0.481 e. The summed E-state index contributed by atoms with van der Waals surface area (Å²) in [5, 5.41) is 5.97. The van der Waals surface area contributed by atoms with Crippen molar-refractivity contribution in [2.45, 2.75) is 59.1 Å². The summed E-state index contributed by atoms with van der Waals surface area (Å²) in [7, 11) is 0. The molecule has 1 aromatic carbocycles. The molecule has 0 spiro atoms. The van der Waals surface area contributed by atoms with Crippen LogP contribution >= 0.6 is 11.3 Å². The minimum Gasteiger partial charge on any atom is -0.481 e. The van der Waals surface area contributed by atoms with Crippen LogP contribution in [0.2, 0.25) is 0 Å². The summed E-state index contributed by atoms with van der Waals surface area (Å²) in [5.41, 5.74) is 2.09. The predicted molar refractivity (Wildman–Crippen MR) is 98.7 cm³/mol. The van der Waals surface area contributed by atoms with Gasteiger partial charge in [-0.3, -0.25) is 4.79 Å². The molecule has 4 nitrogen and oxygen atoms in total. The highest BCUT2D eigenvalue weighted by atomic mass is 32.1. The summed E-state index contributed by atoms with van der Waals surface area (Å²) >= 11 is 1.63. The van der Waals surface area contributed by atoms with Gasteiger partial charge in [0.25, 0.3) is 5.91 Å². The van der Waals surface area contributed by atoms with Gasteiger partial charge in [-0.2, -0.15) is 0 Å². The molecule has 2 aromatic rings. The van der Waals surface area contributed by atoms with Gasteiger partial charge in [0, 0.05) is 11.3 Å². The van der Waals surface area contributed by atoms with Crippen LogP contribution in [0.25, 0.3) is 0 Å². The molecule has 0 aliphatic rings. The van der Waals surface area contributed by atoms with Crippen LogP contribution in [-0.2, 0) is 11.3 Å². The van der Waals surface area contributed by atoms with Gasteiger partial charge in [-0.05, 0) is 30.5 Å². The van der Waals surface area contributed by atoms with E-state index in [4.69, 9.17) is 4.74 Å². The average Bonchev–Trinajstić information content (AvgIpc) is 3.02. The topological polar surface area (TPSA) is 51.2 Å². The first-order valence-electron chi connectivity index (χ1n) is 8.35. The lowest BCUT2D eigenvalue weighted by Crippen LogP contribution is -2.36. The van der Waals surface area contributed by atoms with Crippen molar-refractivity contribution in [3.05, 3.63) is 45.9 Å². The first-order valence-corrected chi connectivity index (χ1v) is 9.23. The van der Waals surface area contributed by atoms with Crippen molar-refractivity contribution in [2.24, 2.45) is 0 Å².